The van der Waals surface area contributed by atoms with Crippen molar-refractivity contribution in [1.29, 1.82) is 0 Å². The number of hydrogen-bond acceptors (Lipinski definition) is 2. The molecule has 0 aliphatic heterocycles. The number of nitrogens with zero attached hydrogens (tertiary/aromatic N) is 2. The molecule has 0 atom stereocenters. The van der Waals surface area contributed by atoms with Crippen molar-refractivity contribution in [2.45, 2.75) is 5.03 Å². The molecule has 0 N–H and O–H groups in total. The van der Waals surface area contributed by atoms with Crippen LogP contribution in [0.3, 0.4) is 0 Å². The lowest BCUT2D eigenvalue weighted by atomic mass is 10.3. The molecule has 0 aliphatic carbocycles. The Bertz CT molecular complexity index is 628. The molecule has 3 rings (SSSR count). The molecule has 15 heavy (non-hydrogen) atoms. The highest BCUT2D eigenvalue weighted by atomic mass is 32.2. The molecule has 0 aliphatic rings. The maximum Gasteiger partial charge on any atom is 0.121 e. The van der Waals surface area contributed by atoms with E-state index in [9.17, 15) is 0 Å². The monoisotopic (exact) mass is 214 g/mol. The highest BCUT2D eigenvalue weighted by Gasteiger charge is 2.05. The number of fused-ring (bicyclic) bond motifs is 3. The van der Waals surface area contributed by atoms with Gasteiger partial charge in [0.15, 0.2) is 0 Å². The van der Waals surface area contributed by atoms with Crippen molar-refractivity contribution < 1.29 is 0 Å². The molecule has 3 heteroatoms. The van der Waals surface area contributed by atoms with Crippen molar-refractivity contribution in [1.82, 2.24) is 9.38 Å². The van der Waals surface area contributed by atoms with E-state index in [1.54, 1.807) is 11.8 Å². The van der Waals surface area contributed by atoms with Crippen LogP contribution in [0.5, 0.6) is 0 Å². The summed E-state index contributed by atoms with van der Waals surface area (Å²) in [5.74, 6) is 0. The zero-order valence-corrected chi connectivity index (χ0v) is 9.16. The van der Waals surface area contributed by atoms with Gasteiger partial charge in [0.1, 0.15) is 5.03 Å². The molecular formula is C12H10N2S. The minimum Gasteiger partial charge on any atom is -0.313 e. The molecule has 0 saturated heterocycles. The predicted molar refractivity (Wildman–Crippen MR) is 64.5 cm³/mol. The highest BCUT2D eigenvalue weighted by Crippen LogP contribution is 2.24. The summed E-state index contributed by atoms with van der Waals surface area (Å²) >= 11 is 1.69. The number of rotatable bonds is 1. The van der Waals surface area contributed by atoms with E-state index in [1.165, 1.54) is 5.52 Å². The second-order valence-electron chi connectivity index (χ2n) is 3.37. The van der Waals surface area contributed by atoms with Gasteiger partial charge in [-0.3, -0.25) is 0 Å². The summed E-state index contributed by atoms with van der Waals surface area (Å²) in [6.45, 7) is 0. The lowest BCUT2D eigenvalue weighted by Gasteiger charge is -2.05. The van der Waals surface area contributed by atoms with E-state index < -0.39 is 0 Å². The van der Waals surface area contributed by atoms with E-state index in [1.807, 2.05) is 12.1 Å². The van der Waals surface area contributed by atoms with Crippen molar-refractivity contribution in [3.8, 4) is 0 Å². The first-order chi connectivity index (χ1) is 7.40. The Labute approximate surface area is 91.9 Å². The zero-order chi connectivity index (χ0) is 10.3. The number of benzene rings is 1. The molecule has 0 spiro atoms. The third-order valence-corrected chi connectivity index (χ3v) is 3.21. The average Bonchev–Trinajstić information content (AvgIpc) is 2.77. The number of para-hydroxylation sites is 2. The van der Waals surface area contributed by atoms with Crippen molar-refractivity contribution in [3.63, 3.8) is 0 Å². The fourth-order valence-electron chi connectivity index (χ4n) is 1.84. The van der Waals surface area contributed by atoms with Crippen LogP contribution in [0.1, 0.15) is 0 Å². The van der Waals surface area contributed by atoms with E-state index in [2.05, 4.69) is 46.1 Å². The quantitative estimate of drug-likeness (QED) is 0.579. The summed E-state index contributed by atoms with van der Waals surface area (Å²) in [6.07, 6.45) is 4.14. The first kappa shape index (κ1) is 8.80. The van der Waals surface area contributed by atoms with Gasteiger partial charge >= 0.3 is 0 Å². The van der Waals surface area contributed by atoms with E-state index in [0.717, 1.165) is 16.1 Å². The Kier molecular flexibility index (Phi) is 1.92. The number of thioether (sulfide) groups is 1. The topological polar surface area (TPSA) is 17.3 Å². The molecular weight excluding hydrogens is 204 g/mol. The number of aromatic nitrogens is 2. The molecule has 3 aromatic rings. The van der Waals surface area contributed by atoms with Crippen LogP contribution in [0.2, 0.25) is 0 Å². The van der Waals surface area contributed by atoms with E-state index >= 15 is 0 Å². The first-order valence-electron chi connectivity index (χ1n) is 4.80. The van der Waals surface area contributed by atoms with Crippen LogP contribution < -0.4 is 0 Å². The summed E-state index contributed by atoms with van der Waals surface area (Å²) < 4.78 is 2.19. The van der Waals surface area contributed by atoms with Gasteiger partial charge in [-0.25, -0.2) is 4.98 Å². The molecule has 2 nitrogen and oxygen atoms in total. The second-order valence-corrected chi connectivity index (χ2v) is 4.17. The van der Waals surface area contributed by atoms with Gasteiger partial charge < -0.3 is 4.40 Å². The van der Waals surface area contributed by atoms with Crippen molar-refractivity contribution >= 4 is 28.3 Å². The van der Waals surface area contributed by atoms with Crippen LogP contribution in [0.15, 0.2) is 47.6 Å². The van der Waals surface area contributed by atoms with Crippen LogP contribution in [-0.2, 0) is 0 Å². The Morgan fingerprint density at radius 3 is 2.73 bits per heavy atom. The maximum atomic E-state index is 4.64. The van der Waals surface area contributed by atoms with Crippen LogP contribution in [-0.4, -0.2) is 15.6 Å². The zero-order valence-electron chi connectivity index (χ0n) is 8.34. The third-order valence-electron chi connectivity index (χ3n) is 2.52. The fraction of sp³-hybridized carbons (Fsp3) is 0.0833. The molecule has 0 bridgehead atoms. The Hall–Kier alpha value is -1.48. The van der Waals surface area contributed by atoms with Crippen molar-refractivity contribution in [3.05, 3.63) is 42.6 Å². The summed E-state index contributed by atoms with van der Waals surface area (Å²) in [4.78, 5) is 4.64. The van der Waals surface area contributed by atoms with Gasteiger partial charge in [0.05, 0.1) is 16.6 Å². The largest absolute Gasteiger partial charge is 0.313 e. The number of hydrogen-bond donors (Lipinski definition) is 0. The molecule has 0 radical (unpaired) electrons. The van der Waals surface area contributed by atoms with Gasteiger partial charge in [-0.05, 0) is 30.5 Å². The smallest absolute Gasteiger partial charge is 0.121 e. The van der Waals surface area contributed by atoms with Gasteiger partial charge in [0.25, 0.3) is 0 Å². The normalized spacial score (nSPS) is 11.3. The molecule has 2 aromatic heterocycles. The Balaban J connectivity index is 2.57. The van der Waals surface area contributed by atoms with Crippen molar-refractivity contribution in [2.24, 2.45) is 0 Å². The summed E-state index contributed by atoms with van der Waals surface area (Å²) in [7, 11) is 0. The van der Waals surface area contributed by atoms with Crippen LogP contribution in [0, 0.1) is 0 Å². The molecule has 0 unspecified atom stereocenters. The van der Waals surface area contributed by atoms with Gasteiger partial charge in [-0.1, -0.05) is 12.1 Å². The van der Waals surface area contributed by atoms with Gasteiger partial charge in [-0.15, -0.1) is 11.8 Å². The van der Waals surface area contributed by atoms with Crippen LogP contribution in [0.25, 0.3) is 16.6 Å². The average molecular weight is 214 g/mol. The lowest BCUT2D eigenvalue weighted by Crippen LogP contribution is -1.92. The first-order valence-corrected chi connectivity index (χ1v) is 6.02. The highest BCUT2D eigenvalue weighted by molar-refractivity contribution is 7.98. The summed E-state index contributed by atoms with van der Waals surface area (Å²) in [5, 5.41) is 1.08. The van der Waals surface area contributed by atoms with Crippen LogP contribution >= 0.6 is 11.8 Å². The third kappa shape index (κ3) is 1.23. The van der Waals surface area contributed by atoms with Gasteiger partial charge in [0.2, 0.25) is 0 Å². The predicted octanol–water partition coefficient (Wildman–Crippen LogP) is 3.21. The Morgan fingerprint density at radius 1 is 1.07 bits per heavy atom. The minimum atomic E-state index is 1.05. The maximum absolute atomic E-state index is 4.64. The van der Waals surface area contributed by atoms with E-state index in [-0.39, 0.29) is 0 Å². The molecule has 74 valence electrons. The van der Waals surface area contributed by atoms with Gasteiger partial charge in [-0.2, -0.15) is 0 Å². The molecule has 1 aromatic carbocycles. The molecule has 2 heterocycles. The fourth-order valence-corrected chi connectivity index (χ4v) is 2.41. The minimum absolute atomic E-state index is 1.05. The Morgan fingerprint density at radius 2 is 1.87 bits per heavy atom. The molecule has 0 saturated carbocycles. The van der Waals surface area contributed by atoms with Crippen molar-refractivity contribution in [2.75, 3.05) is 6.26 Å². The van der Waals surface area contributed by atoms with E-state index in [0.29, 0.717) is 0 Å². The standard InChI is InChI=1S/C12H10N2S/c1-15-12-11-7-4-8-14(11)10-6-3-2-5-9(10)13-12/h2-8H,1H3. The molecule has 0 amide bonds. The lowest BCUT2D eigenvalue weighted by molar-refractivity contribution is 1.13. The second kappa shape index (κ2) is 3.28. The SMILES string of the molecule is CSc1nc2ccccc2n2cccc12. The summed E-state index contributed by atoms with van der Waals surface area (Å²) in [5.41, 5.74) is 3.39. The summed E-state index contributed by atoms with van der Waals surface area (Å²) in [6, 6.07) is 12.4. The van der Waals surface area contributed by atoms with Gasteiger partial charge in [0, 0.05) is 6.20 Å². The van der Waals surface area contributed by atoms with E-state index in [4.69, 9.17) is 0 Å². The molecule has 0 fully saturated rings. The van der Waals surface area contributed by atoms with Crippen LogP contribution in [0.4, 0.5) is 0 Å².